The minimum absolute atomic E-state index is 0.776. The SMILES string of the molecule is NCC1CCC(CN(Cc2ccc(-c3ccccc3)cc2)CC2CCCCC2)CC1. The van der Waals surface area contributed by atoms with Crippen molar-refractivity contribution in [1.82, 2.24) is 4.90 Å². The van der Waals surface area contributed by atoms with E-state index in [1.54, 1.807) is 0 Å². The number of rotatable bonds is 8. The van der Waals surface area contributed by atoms with Gasteiger partial charge in [0.2, 0.25) is 0 Å². The zero-order valence-electron chi connectivity index (χ0n) is 18.6. The number of nitrogens with zero attached hydrogens (tertiary/aromatic N) is 1. The Morgan fingerprint density at radius 2 is 1.20 bits per heavy atom. The number of nitrogens with two attached hydrogens (primary N) is 1. The van der Waals surface area contributed by atoms with Crippen LogP contribution >= 0.6 is 0 Å². The molecule has 4 rings (SSSR count). The number of hydrogen-bond acceptors (Lipinski definition) is 2. The Kier molecular flexibility index (Phi) is 8.00. The minimum atomic E-state index is 0.776. The average Bonchev–Trinajstić information content (AvgIpc) is 2.81. The van der Waals surface area contributed by atoms with Gasteiger partial charge < -0.3 is 5.73 Å². The molecule has 0 atom stereocenters. The molecule has 30 heavy (non-hydrogen) atoms. The Bertz CT molecular complexity index is 725. The molecule has 0 aliphatic heterocycles. The van der Waals surface area contributed by atoms with Crippen molar-refractivity contribution in [3.63, 3.8) is 0 Å². The van der Waals surface area contributed by atoms with Crippen LogP contribution in [0.3, 0.4) is 0 Å². The van der Waals surface area contributed by atoms with Crippen molar-refractivity contribution in [2.75, 3.05) is 19.6 Å². The molecule has 2 aromatic carbocycles. The van der Waals surface area contributed by atoms with E-state index in [1.807, 2.05) is 0 Å². The molecule has 0 unspecified atom stereocenters. The van der Waals surface area contributed by atoms with E-state index in [1.165, 1.54) is 87.6 Å². The van der Waals surface area contributed by atoms with Crippen molar-refractivity contribution in [3.8, 4) is 11.1 Å². The van der Waals surface area contributed by atoms with Crippen LogP contribution in [0.2, 0.25) is 0 Å². The third kappa shape index (κ3) is 6.18. The molecule has 2 aliphatic rings. The normalized spacial score (nSPS) is 23.0. The highest BCUT2D eigenvalue weighted by Gasteiger charge is 2.24. The molecule has 0 amide bonds. The fourth-order valence-corrected chi connectivity index (χ4v) is 5.64. The third-order valence-electron chi connectivity index (χ3n) is 7.52. The molecule has 2 aliphatic carbocycles. The molecule has 2 aromatic rings. The van der Waals surface area contributed by atoms with Gasteiger partial charge in [0.25, 0.3) is 0 Å². The van der Waals surface area contributed by atoms with Crippen molar-refractivity contribution in [1.29, 1.82) is 0 Å². The molecule has 0 bridgehead atoms. The molecule has 0 aromatic heterocycles. The summed E-state index contributed by atoms with van der Waals surface area (Å²) in [5.74, 6) is 2.54. The van der Waals surface area contributed by atoms with E-state index in [2.05, 4.69) is 59.5 Å². The van der Waals surface area contributed by atoms with Gasteiger partial charge in [-0.1, -0.05) is 73.9 Å². The molecular weight excluding hydrogens is 364 g/mol. The van der Waals surface area contributed by atoms with Crippen LogP contribution in [0.25, 0.3) is 11.1 Å². The van der Waals surface area contributed by atoms with E-state index in [4.69, 9.17) is 5.73 Å². The Morgan fingerprint density at radius 3 is 1.83 bits per heavy atom. The lowest BCUT2D eigenvalue weighted by Crippen LogP contribution is -2.36. The lowest BCUT2D eigenvalue weighted by atomic mass is 9.81. The highest BCUT2D eigenvalue weighted by molar-refractivity contribution is 5.63. The van der Waals surface area contributed by atoms with Crippen LogP contribution < -0.4 is 5.73 Å². The summed E-state index contributed by atoms with van der Waals surface area (Å²) in [6, 6.07) is 20.0. The first kappa shape index (κ1) is 21.6. The van der Waals surface area contributed by atoms with Gasteiger partial charge in [-0.25, -0.2) is 0 Å². The first-order valence-corrected chi connectivity index (χ1v) is 12.4. The van der Waals surface area contributed by atoms with Crippen LogP contribution in [0.5, 0.6) is 0 Å². The van der Waals surface area contributed by atoms with Crippen molar-refractivity contribution in [2.45, 2.75) is 64.3 Å². The van der Waals surface area contributed by atoms with Crippen molar-refractivity contribution < 1.29 is 0 Å². The highest BCUT2D eigenvalue weighted by atomic mass is 15.1. The Balaban J connectivity index is 1.39. The van der Waals surface area contributed by atoms with Gasteiger partial charge >= 0.3 is 0 Å². The zero-order valence-corrected chi connectivity index (χ0v) is 18.6. The van der Waals surface area contributed by atoms with E-state index in [0.717, 1.165) is 30.8 Å². The molecule has 2 fully saturated rings. The summed E-state index contributed by atoms with van der Waals surface area (Å²) in [6.07, 6.45) is 12.6. The van der Waals surface area contributed by atoms with Crippen LogP contribution in [0.4, 0.5) is 0 Å². The van der Waals surface area contributed by atoms with E-state index >= 15 is 0 Å². The van der Waals surface area contributed by atoms with Gasteiger partial charge in [-0.3, -0.25) is 4.90 Å². The second-order valence-electron chi connectivity index (χ2n) is 9.88. The summed E-state index contributed by atoms with van der Waals surface area (Å²) in [6.45, 7) is 4.54. The van der Waals surface area contributed by atoms with Gasteiger partial charge in [-0.15, -0.1) is 0 Å². The van der Waals surface area contributed by atoms with Crippen LogP contribution in [0.1, 0.15) is 63.4 Å². The molecule has 2 nitrogen and oxygen atoms in total. The summed E-state index contributed by atoms with van der Waals surface area (Å²) in [5.41, 5.74) is 10.0. The molecule has 0 heterocycles. The van der Waals surface area contributed by atoms with Gasteiger partial charge in [0.15, 0.2) is 0 Å². The van der Waals surface area contributed by atoms with Crippen LogP contribution in [0, 0.1) is 17.8 Å². The topological polar surface area (TPSA) is 29.3 Å². The maximum atomic E-state index is 5.92. The molecule has 162 valence electrons. The van der Waals surface area contributed by atoms with Crippen molar-refractivity contribution in [2.24, 2.45) is 23.5 Å². The van der Waals surface area contributed by atoms with E-state index in [9.17, 15) is 0 Å². The molecule has 2 saturated carbocycles. The Morgan fingerprint density at radius 1 is 0.633 bits per heavy atom. The largest absolute Gasteiger partial charge is 0.330 e. The molecule has 2 heteroatoms. The summed E-state index contributed by atoms with van der Waals surface area (Å²) in [4.78, 5) is 2.79. The fraction of sp³-hybridized carbons (Fsp3) is 0.571. The van der Waals surface area contributed by atoms with E-state index in [-0.39, 0.29) is 0 Å². The Labute approximate surface area is 183 Å². The monoisotopic (exact) mass is 404 g/mol. The second kappa shape index (κ2) is 11.1. The van der Waals surface area contributed by atoms with Crippen molar-refractivity contribution in [3.05, 3.63) is 60.2 Å². The average molecular weight is 405 g/mol. The first-order chi connectivity index (χ1) is 14.8. The smallest absolute Gasteiger partial charge is 0.0233 e. The maximum Gasteiger partial charge on any atom is 0.0233 e. The third-order valence-corrected chi connectivity index (χ3v) is 7.52. The molecule has 0 saturated heterocycles. The van der Waals surface area contributed by atoms with Gasteiger partial charge in [0, 0.05) is 19.6 Å². The second-order valence-corrected chi connectivity index (χ2v) is 9.88. The molecule has 2 N–H and O–H groups in total. The first-order valence-electron chi connectivity index (χ1n) is 12.4. The maximum absolute atomic E-state index is 5.92. The summed E-state index contributed by atoms with van der Waals surface area (Å²) >= 11 is 0. The van der Waals surface area contributed by atoms with Crippen LogP contribution in [-0.4, -0.2) is 24.5 Å². The van der Waals surface area contributed by atoms with E-state index in [0.29, 0.717) is 0 Å². The van der Waals surface area contributed by atoms with Gasteiger partial charge in [-0.05, 0) is 79.5 Å². The van der Waals surface area contributed by atoms with Gasteiger partial charge in [0.05, 0.1) is 0 Å². The summed E-state index contributed by atoms with van der Waals surface area (Å²) in [7, 11) is 0. The minimum Gasteiger partial charge on any atom is -0.330 e. The fourth-order valence-electron chi connectivity index (χ4n) is 5.64. The molecule has 0 spiro atoms. The van der Waals surface area contributed by atoms with Crippen molar-refractivity contribution >= 4 is 0 Å². The standard InChI is InChI=1S/C28H40N2/c29-19-23-11-13-25(14-12-23)21-30(20-24-7-3-1-4-8-24)22-26-15-17-28(18-16-26)27-9-5-2-6-10-27/h2,5-6,9-10,15-18,23-25H,1,3-4,7-8,11-14,19-22,29H2. The summed E-state index contributed by atoms with van der Waals surface area (Å²) in [5, 5.41) is 0. The predicted molar refractivity (Wildman–Crippen MR) is 128 cm³/mol. The van der Waals surface area contributed by atoms with E-state index < -0.39 is 0 Å². The van der Waals surface area contributed by atoms with Gasteiger partial charge in [0.1, 0.15) is 0 Å². The number of benzene rings is 2. The zero-order chi connectivity index (χ0) is 20.6. The summed E-state index contributed by atoms with van der Waals surface area (Å²) < 4.78 is 0. The predicted octanol–water partition coefficient (Wildman–Crippen LogP) is 6.50. The lowest BCUT2D eigenvalue weighted by Gasteiger charge is -2.35. The molecule has 0 radical (unpaired) electrons. The number of hydrogen-bond donors (Lipinski definition) is 1. The molecular formula is C28H40N2. The van der Waals surface area contributed by atoms with Crippen LogP contribution in [0.15, 0.2) is 54.6 Å². The Hall–Kier alpha value is -1.64. The highest BCUT2D eigenvalue weighted by Crippen LogP contribution is 2.31. The lowest BCUT2D eigenvalue weighted by molar-refractivity contribution is 0.143. The quantitative estimate of drug-likeness (QED) is 0.544. The van der Waals surface area contributed by atoms with Gasteiger partial charge in [-0.2, -0.15) is 0 Å². The van der Waals surface area contributed by atoms with Crippen LogP contribution in [-0.2, 0) is 6.54 Å².